The first-order valence-electron chi connectivity index (χ1n) is 5.40. The van der Waals surface area contributed by atoms with Crippen LogP contribution in [0, 0.1) is 0 Å². The third kappa shape index (κ3) is 3.47. The Balaban J connectivity index is 2.22. The predicted molar refractivity (Wildman–Crippen MR) is 76.4 cm³/mol. The Morgan fingerprint density at radius 2 is 2.00 bits per heavy atom. The maximum Gasteiger partial charge on any atom is 0.239 e. The quantitative estimate of drug-likeness (QED) is 0.904. The van der Waals surface area contributed by atoms with Crippen molar-refractivity contribution in [2.45, 2.75) is 4.90 Å². The van der Waals surface area contributed by atoms with E-state index < -0.39 is 10.0 Å². The summed E-state index contributed by atoms with van der Waals surface area (Å²) in [4.78, 5) is 3.82. The maximum absolute atomic E-state index is 11.1. The number of nitrogens with two attached hydrogens (primary N) is 1. The summed E-state index contributed by atoms with van der Waals surface area (Å²) in [6.07, 6.45) is 1.14. The number of hydrogen-bond acceptors (Lipinski definition) is 5. The standard InChI is InChI=1S/C12H11BrN2O4S/c1-18-8-2-4-11(10(13)6-8)19-12-5-3-9(7-15-12)20(14,16)17/h2-7H,1H3,(H2,14,16,17). The molecule has 0 aliphatic heterocycles. The van der Waals surface area contributed by atoms with E-state index in [-0.39, 0.29) is 10.8 Å². The highest BCUT2D eigenvalue weighted by atomic mass is 79.9. The number of rotatable bonds is 4. The van der Waals surface area contributed by atoms with Crippen LogP contribution in [0.4, 0.5) is 0 Å². The molecule has 0 bridgehead atoms. The summed E-state index contributed by atoms with van der Waals surface area (Å²) in [6, 6.07) is 7.94. The molecule has 0 saturated carbocycles. The Labute approximate surface area is 124 Å². The molecule has 1 aromatic carbocycles. The number of methoxy groups -OCH3 is 1. The van der Waals surface area contributed by atoms with Crippen molar-refractivity contribution in [2.75, 3.05) is 7.11 Å². The fourth-order valence-electron chi connectivity index (χ4n) is 1.40. The molecule has 0 aliphatic carbocycles. The third-order valence-electron chi connectivity index (χ3n) is 2.39. The van der Waals surface area contributed by atoms with Crippen LogP contribution < -0.4 is 14.6 Å². The average molecular weight is 359 g/mol. The van der Waals surface area contributed by atoms with Gasteiger partial charge in [-0.25, -0.2) is 18.5 Å². The Morgan fingerprint density at radius 3 is 2.50 bits per heavy atom. The van der Waals surface area contributed by atoms with Crippen LogP contribution in [0.25, 0.3) is 0 Å². The molecule has 6 nitrogen and oxygen atoms in total. The van der Waals surface area contributed by atoms with Crippen molar-refractivity contribution in [3.63, 3.8) is 0 Å². The van der Waals surface area contributed by atoms with Gasteiger partial charge in [0.15, 0.2) is 0 Å². The van der Waals surface area contributed by atoms with Crippen molar-refractivity contribution >= 4 is 26.0 Å². The second-order valence-electron chi connectivity index (χ2n) is 3.78. The Morgan fingerprint density at radius 1 is 1.25 bits per heavy atom. The summed E-state index contributed by atoms with van der Waals surface area (Å²) in [7, 11) is -2.19. The predicted octanol–water partition coefficient (Wildman–Crippen LogP) is 2.29. The van der Waals surface area contributed by atoms with Crippen LogP contribution in [-0.4, -0.2) is 20.5 Å². The monoisotopic (exact) mass is 358 g/mol. The minimum absolute atomic E-state index is 0.0707. The topological polar surface area (TPSA) is 91.5 Å². The summed E-state index contributed by atoms with van der Waals surface area (Å²) in [5, 5.41) is 4.99. The fourth-order valence-corrected chi connectivity index (χ4v) is 2.30. The van der Waals surface area contributed by atoms with Crippen molar-refractivity contribution in [1.29, 1.82) is 0 Å². The zero-order valence-electron chi connectivity index (χ0n) is 10.4. The number of pyridine rings is 1. The lowest BCUT2D eigenvalue weighted by Gasteiger charge is -2.08. The summed E-state index contributed by atoms with van der Waals surface area (Å²) in [5.74, 6) is 1.46. The highest BCUT2D eigenvalue weighted by Crippen LogP contribution is 2.32. The van der Waals surface area contributed by atoms with Gasteiger partial charge in [0.25, 0.3) is 0 Å². The molecule has 1 aromatic heterocycles. The largest absolute Gasteiger partial charge is 0.497 e. The lowest BCUT2D eigenvalue weighted by Crippen LogP contribution is -2.12. The van der Waals surface area contributed by atoms with Gasteiger partial charge in [-0.15, -0.1) is 0 Å². The van der Waals surface area contributed by atoms with Gasteiger partial charge in [-0.3, -0.25) is 0 Å². The number of hydrogen-bond donors (Lipinski definition) is 1. The third-order valence-corrected chi connectivity index (χ3v) is 3.91. The SMILES string of the molecule is COc1ccc(Oc2ccc(S(N)(=O)=O)cn2)c(Br)c1. The molecule has 0 radical (unpaired) electrons. The van der Waals surface area contributed by atoms with E-state index in [0.717, 1.165) is 6.20 Å². The molecular formula is C12H11BrN2O4S. The summed E-state index contributed by atoms with van der Waals surface area (Å²) in [6.45, 7) is 0. The van der Waals surface area contributed by atoms with Gasteiger partial charge in [0.2, 0.25) is 15.9 Å². The van der Waals surface area contributed by atoms with E-state index in [2.05, 4.69) is 20.9 Å². The Hall–Kier alpha value is -1.64. The summed E-state index contributed by atoms with van der Waals surface area (Å²) < 4.78 is 33.5. The van der Waals surface area contributed by atoms with E-state index in [0.29, 0.717) is 16.0 Å². The summed E-state index contributed by atoms with van der Waals surface area (Å²) >= 11 is 3.34. The summed E-state index contributed by atoms with van der Waals surface area (Å²) in [5.41, 5.74) is 0. The number of benzene rings is 1. The van der Waals surface area contributed by atoms with Crippen molar-refractivity contribution in [2.24, 2.45) is 5.14 Å². The fraction of sp³-hybridized carbons (Fsp3) is 0.0833. The lowest BCUT2D eigenvalue weighted by atomic mass is 10.3. The van der Waals surface area contributed by atoms with Crippen LogP contribution in [0.3, 0.4) is 0 Å². The van der Waals surface area contributed by atoms with Crippen molar-refractivity contribution in [1.82, 2.24) is 4.98 Å². The molecule has 0 spiro atoms. The van der Waals surface area contributed by atoms with Crippen LogP contribution in [0.2, 0.25) is 0 Å². The Bertz CT molecular complexity index is 717. The van der Waals surface area contributed by atoms with Crippen LogP contribution in [0.5, 0.6) is 17.4 Å². The number of primary sulfonamides is 1. The number of sulfonamides is 1. The number of aromatic nitrogens is 1. The molecule has 1 heterocycles. The molecule has 0 saturated heterocycles. The first kappa shape index (κ1) is 14.8. The van der Waals surface area contributed by atoms with Gasteiger partial charge in [0.1, 0.15) is 16.4 Å². The Kier molecular flexibility index (Phi) is 4.26. The zero-order chi connectivity index (χ0) is 14.8. The van der Waals surface area contributed by atoms with E-state index in [4.69, 9.17) is 14.6 Å². The molecule has 0 amide bonds. The lowest BCUT2D eigenvalue weighted by molar-refractivity contribution is 0.411. The minimum Gasteiger partial charge on any atom is -0.497 e. The molecule has 0 aliphatic rings. The second kappa shape index (κ2) is 5.78. The number of ether oxygens (including phenoxy) is 2. The molecule has 0 atom stereocenters. The van der Waals surface area contributed by atoms with Crippen molar-refractivity contribution in [3.05, 3.63) is 41.0 Å². The van der Waals surface area contributed by atoms with Gasteiger partial charge in [0.05, 0.1) is 17.8 Å². The minimum atomic E-state index is -3.75. The first-order chi connectivity index (χ1) is 9.40. The van der Waals surface area contributed by atoms with Crippen LogP contribution in [0.15, 0.2) is 45.9 Å². The highest BCUT2D eigenvalue weighted by Gasteiger charge is 2.09. The van der Waals surface area contributed by atoms with Gasteiger partial charge in [-0.1, -0.05) is 0 Å². The smallest absolute Gasteiger partial charge is 0.239 e. The van der Waals surface area contributed by atoms with E-state index in [9.17, 15) is 8.42 Å². The zero-order valence-corrected chi connectivity index (χ0v) is 12.8. The molecule has 2 aromatic rings. The molecule has 2 N–H and O–H groups in total. The van der Waals surface area contributed by atoms with Gasteiger partial charge in [-0.2, -0.15) is 0 Å². The highest BCUT2D eigenvalue weighted by molar-refractivity contribution is 9.10. The second-order valence-corrected chi connectivity index (χ2v) is 6.19. The molecule has 8 heteroatoms. The number of halogens is 1. The number of nitrogens with zero attached hydrogens (tertiary/aromatic N) is 1. The first-order valence-corrected chi connectivity index (χ1v) is 7.74. The maximum atomic E-state index is 11.1. The van der Waals surface area contributed by atoms with E-state index >= 15 is 0 Å². The molecule has 0 fully saturated rings. The van der Waals surface area contributed by atoms with E-state index in [1.807, 2.05) is 0 Å². The van der Waals surface area contributed by atoms with Gasteiger partial charge < -0.3 is 9.47 Å². The van der Waals surface area contributed by atoms with Crippen LogP contribution in [0.1, 0.15) is 0 Å². The molecular weight excluding hydrogens is 348 g/mol. The van der Waals surface area contributed by atoms with Gasteiger partial charge in [0, 0.05) is 6.07 Å². The van der Waals surface area contributed by atoms with E-state index in [1.165, 1.54) is 12.1 Å². The molecule has 0 unspecified atom stereocenters. The van der Waals surface area contributed by atoms with E-state index in [1.54, 1.807) is 25.3 Å². The van der Waals surface area contributed by atoms with Gasteiger partial charge >= 0.3 is 0 Å². The molecule has 106 valence electrons. The van der Waals surface area contributed by atoms with Gasteiger partial charge in [-0.05, 0) is 40.2 Å². The van der Waals surface area contributed by atoms with Crippen LogP contribution >= 0.6 is 15.9 Å². The normalized spacial score (nSPS) is 11.2. The molecule has 2 rings (SSSR count). The van der Waals surface area contributed by atoms with Crippen molar-refractivity contribution < 1.29 is 17.9 Å². The molecule has 20 heavy (non-hydrogen) atoms. The van der Waals surface area contributed by atoms with Crippen molar-refractivity contribution in [3.8, 4) is 17.4 Å². The van der Waals surface area contributed by atoms with Crippen LogP contribution in [-0.2, 0) is 10.0 Å². The average Bonchev–Trinajstić information content (AvgIpc) is 2.40.